The molecule has 0 aromatic rings. The average Bonchev–Trinajstić information content (AvgIpc) is 2.85. The van der Waals surface area contributed by atoms with Crippen molar-refractivity contribution in [2.24, 2.45) is 11.8 Å². The first-order valence-electron chi connectivity index (χ1n) is 7.87. The van der Waals surface area contributed by atoms with E-state index in [9.17, 15) is 5.11 Å². The maximum absolute atomic E-state index is 9.32. The van der Waals surface area contributed by atoms with Crippen LogP contribution in [0.1, 0.15) is 51.9 Å². The van der Waals surface area contributed by atoms with Gasteiger partial charge in [-0.1, -0.05) is 12.8 Å². The fourth-order valence-corrected chi connectivity index (χ4v) is 3.61. The molecule has 0 aromatic heterocycles. The molecule has 1 aliphatic heterocycles. The van der Waals surface area contributed by atoms with Crippen molar-refractivity contribution in [2.45, 2.75) is 64.0 Å². The molecule has 2 aliphatic rings. The van der Waals surface area contributed by atoms with E-state index < -0.39 is 0 Å². The molecular weight excluding hydrogens is 224 g/mol. The van der Waals surface area contributed by atoms with Crippen molar-refractivity contribution in [1.82, 2.24) is 10.6 Å². The molecule has 0 bridgehead atoms. The lowest BCUT2D eigenvalue weighted by molar-refractivity contribution is 0.189. The zero-order valence-corrected chi connectivity index (χ0v) is 11.8. The predicted molar refractivity (Wildman–Crippen MR) is 75.6 cm³/mol. The van der Waals surface area contributed by atoms with Gasteiger partial charge in [-0.2, -0.15) is 0 Å². The van der Waals surface area contributed by atoms with Gasteiger partial charge >= 0.3 is 0 Å². The van der Waals surface area contributed by atoms with E-state index in [1.54, 1.807) is 0 Å². The summed E-state index contributed by atoms with van der Waals surface area (Å²) in [5.74, 6) is 1.26. The summed E-state index contributed by atoms with van der Waals surface area (Å²) in [6.07, 6.45) is 9.15. The minimum Gasteiger partial charge on any atom is -0.396 e. The molecule has 0 radical (unpaired) electrons. The lowest BCUT2D eigenvalue weighted by atomic mass is 9.95. The quantitative estimate of drug-likeness (QED) is 0.678. The highest BCUT2D eigenvalue weighted by atomic mass is 16.3. The maximum Gasteiger partial charge on any atom is 0.0462 e. The van der Waals surface area contributed by atoms with Crippen LogP contribution in [0.2, 0.25) is 0 Å². The average molecular weight is 254 g/mol. The molecular formula is C15H30N2O. The van der Waals surface area contributed by atoms with Gasteiger partial charge in [0.25, 0.3) is 0 Å². The van der Waals surface area contributed by atoms with Gasteiger partial charge in [0.1, 0.15) is 0 Å². The van der Waals surface area contributed by atoms with Crippen molar-refractivity contribution >= 4 is 0 Å². The van der Waals surface area contributed by atoms with Crippen LogP contribution in [0.25, 0.3) is 0 Å². The molecule has 3 N–H and O–H groups in total. The molecule has 3 heteroatoms. The van der Waals surface area contributed by atoms with E-state index in [2.05, 4.69) is 17.6 Å². The zero-order chi connectivity index (χ0) is 12.8. The molecule has 1 saturated carbocycles. The summed E-state index contributed by atoms with van der Waals surface area (Å²) in [4.78, 5) is 0. The van der Waals surface area contributed by atoms with Crippen molar-refractivity contribution < 1.29 is 5.11 Å². The summed E-state index contributed by atoms with van der Waals surface area (Å²) in [5, 5.41) is 16.6. The molecule has 4 unspecified atom stereocenters. The van der Waals surface area contributed by atoms with E-state index in [4.69, 9.17) is 0 Å². The van der Waals surface area contributed by atoms with Crippen molar-refractivity contribution in [1.29, 1.82) is 0 Å². The standard InChI is InChI=1S/C15H30N2O/c1-12(9-15-7-2-3-8-16-15)17-10-13-5-4-6-14(13)11-18/h12-18H,2-11H2,1H3. The van der Waals surface area contributed by atoms with E-state index in [0.717, 1.165) is 12.6 Å². The van der Waals surface area contributed by atoms with Crippen molar-refractivity contribution in [3.63, 3.8) is 0 Å². The number of hydrogen-bond acceptors (Lipinski definition) is 3. The Balaban J connectivity index is 1.63. The summed E-state index contributed by atoms with van der Waals surface area (Å²) in [6, 6.07) is 1.32. The summed E-state index contributed by atoms with van der Waals surface area (Å²) in [6.45, 7) is 4.98. The molecule has 1 aliphatic carbocycles. The lowest BCUT2D eigenvalue weighted by Crippen LogP contribution is -2.41. The Hall–Kier alpha value is -0.120. The van der Waals surface area contributed by atoms with Gasteiger partial charge in [-0.25, -0.2) is 0 Å². The highest BCUT2D eigenvalue weighted by Gasteiger charge is 2.26. The molecule has 2 rings (SSSR count). The molecule has 2 fully saturated rings. The van der Waals surface area contributed by atoms with Gasteiger partial charge in [-0.3, -0.25) is 0 Å². The minimum absolute atomic E-state index is 0.380. The molecule has 1 saturated heterocycles. The number of piperidine rings is 1. The second-order valence-electron chi connectivity index (χ2n) is 6.33. The molecule has 0 aromatic carbocycles. The SMILES string of the molecule is CC(CC1CCCCN1)NCC1CCCC1CO. The van der Waals surface area contributed by atoms with Crippen molar-refractivity contribution in [3.8, 4) is 0 Å². The Labute approximate surface area is 112 Å². The van der Waals surface area contributed by atoms with Crippen molar-refractivity contribution in [3.05, 3.63) is 0 Å². The van der Waals surface area contributed by atoms with Gasteiger partial charge in [0.05, 0.1) is 0 Å². The van der Waals surface area contributed by atoms with Crippen LogP contribution in [0.15, 0.2) is 0 Å². The Morgan fingerprint density at radius 2 is 2.00 bits per heavy atom. The first-order valence-corrected chi connectivity index (χ1v) is 7.87. The van der Waals surface area contributed by atoms with Crippen LogP contribution in [0.4, 0.5) is 0 Å². The second kappa shape index (κ2) is 7.46. The zero-order valence-electron chi connectivity index (χ0n) is 11.8. The number of aliphatic hydroxyl groups excluding tert-OH is 1. The molecule has 0 amide bonds. The van der Waals surface area contributed by atoms with Crippen LogP contribution in [0.5, 0.6) is 0 Å². The van der Waals surface area contributed by atoms with E-state index in [1.165, 1.54) is 51.5 Å². The highest BCUT2D eigenvalue weighted by molar-refractivity contribution is 4.81. The molecule has 0 spiro atoms. The lowest BCUT2D eigenvalue weighted by Gasteiger charge is -2.28. The first-order chi connectivity index (χ1) is 8.79. The number of aliphatic hydroxyl groups is 1. The van der Waals surface area contributed by atoms with Gasteiger partial charge in [0.2, 0.25) is 0 Å². The topological polar surface area (TPSA) is 44.3 Å². The van der Waals surface area contributed by atoms with Gasteiger partial charge in [-0.05, 0) is 64.0 Å². The molecule has 106 valence electrons. The predicted octanol–water partition coefficient (Wildman–Crippen LogP) is 1.91. The van der Waals surface area contributed by atoms with E-state index >= 15 is 0 Å². The van der Waals surface area contributed by atoms with Crippen LogP contribution in [-0.2, 0) is 0 Å². The number of hydrogen-bond donors (Lipinski definition) is 3. The maximum atomic E-state index is 9.32. The second-order valence-corrected chi connectivity index (χ2v) is 6.33. The van der Waals surface area contributed by atoms with Crippen LogP contribution in [-0.4, -0.2) is 36.9 Å². The summed E-state index contributed by atoms with van der Waals surface area (Å²) < 4.78 is 0. The summed E-state index contributed by atoms with van der Waals surface area (Å²) in [7, 11) is 0. The monoisotopic (exact) mass is 254 g/mol. The Morgan fingerprint density at radius 3 is 2.72 bits per heavy atom. The van der Waals surface area contributed by atoms with Gasteiger partial charge in [-0.15, -0.1) is 0 Å². The highest BCUT2D eigenvalue weighted by Crippen LogP contribution is 2.30. The Bertz CT molecular complexity index is 229. The Morgan fingerprint density at radius 1 is 1.17 bits per heavy atom. The first kappa shape index (κ1) is 14.3. The molecule has 4 atom stereocenters. The van der Waals surface area contributed by atoms with Crippen LogP contribution in [0, 0.1) is 11.8 Å². The third-order valence-corrected chi connectivity index (χ3v) is 4.83. The van der Waals surface area contributed by atoms with E-state index in [1.807, 2.05) is 0 Å². The van der Waals surface area contributed by atoms with Crippen LogP contribution < -0.4 is 10.6 Å². The largest absolute Gasteiger partial charge is 0.396 e. The molecule has 1 heterocycles. The third kappa shape index (κ3) is 4.22. The number of nitrogens with one attached hydrogen (secondary N) is 2. The van der Waals surface area contributed by atoms with Gasteiger partial charge < -0.3 is 15.7 Å². The smallest absolute Gasteiger partial charge is 0.0462 e. The summed E-state index contributed by atoms with van der Waals surface area (Å²) in [5.41, 5.74) is 0. The fraction of sp³-hybridized carbons (Fsp3) is 1.00. The normalized spacial score (nSPS) is 34.7. The molecule has 18 heavy (non-hydrogen) atoms. The van der Waals surface area contributed by atoms with Crippen LogP contribution >= 0.6 is 0 Å². The van der Waals surface area contributed by atoms with E-state index in [-0.39, 0.29) is 0 Å². The molecule has 3 nitrogen and oxygen atoms in total. The third-order valence-electron chi connectivity index (χ3n) is 4.83. The minimum atomic E-state index is 0.380. The van der Waals surface area contributed by atoms with Gasteiger partial charge in [0.15, 0.2) is 0 Å². The summed E-state index contributed by atoms with van der Waals surface area (Å²) >= 11 is 0. The van der Waals surface area contributed by atoms with Gasteiger partial charge in [0, 0.05) is 18.7 Å². The van der Waals surface area contributed by atoms with E-state index in [0.29, 0.717) is 24.5 Å². The van der Waals surface area contributed by atoms with Crippen LogP contribution in [0.3, 0.4) is 0 Å². The fourth-order valence-electron chi connectivity index (χ4n) is 3.61. The van der Waals surface area contributed by atoms with Crippen molar-refractivity contribution in [2.75, 3.05) is 19.7 Å². The number of rotatable bonds is 6. The Kier molecular flexibility index (Phi) is 5.93.